The highest BCUT2D eigenvalue weighted by atomic mass is 32.2. The molecular weight excluding hydrogens is 839 g/mol. The summed E-state index contributed by atoms with van der Waals surface area (Å²) < 4.78 is 54.0. The minimum atomic E-state index is -4.29. The van der Waals surface area contributed by atoms with Crippen molar-refractivity contribution in [2.75, 3.05) is 26.4 Å². The zero-order valence-corrected chi connectivity index (χ0v) is 38.9. The zero-order valence-electron chi connectivity index (χ0n) is 38.1. The molecule has 2 aliphatic carbocycles. The van der Waals surface area contributed by atoms with E-state index in [0.717, 1.165) is 47.6 Å². The van der Waals surface area contributed by atoms with Crippen LogP contribution in [0.5, 0.6) is 17.2 Å². The second kappa shape index (κ2) is 19.8. The fourth-order valence-corrected chi connectivity index (χ4v) is 12.2. The van der Waals surface area contributed by atoms with E-state index in [1.165, 1.54) is 0 Å². The lowest BCUT2D eigenvalue weighted by atomic mass is 9.55. The van der Waals surface area contributed by atoms with Crippen molar-refractivity contribution in [2.24, 2.45) is 22.9 Å². The van der Waals surface area contributed by atoms with E-state index in [1.807, 2.05) is 76.2 Å². The third kappa shape index (κ3) is 9.47. The summed E-state index contributed by atoms with van der Waals surface area (Å²) in [5, 5.41) is 27.9. The van der Waals surface area contributed by atoms with Gasteiger partial charge in [0.1, 0.15) is 27.7 Å². The van der Waals surface area contributed by atoms with Crippen molar-refractivity contribution in [3.8, 4) is 17.2 Å². The maximum atomic E-state index is 15.6. The van der Waals surface area contributed by atoms with Crippen molar-refractivity contribution >= 4 is 37.4 Å². The minimum Gasteiger partial charge on any atom is -0.460 e. The highest BCUT2D eigenvalue weighted by Gasteiger charge is 2.66. The average Bonchev–Trinajstić information content (AvgIpc) is 3.30. The molecule has 0 amide bonds. The number of benzene rings is 4. The number of sulfonamides is 1. The van der Waals surface area contributed by atoms with Crippen LogP contribution in [0.1, 0.15) is 90.5 Å². The van der Waals surface area contributed by atoms with Gasteiger partial charge in [0.2, 0.25) is 15.8 Å². The lowest BCUT2D eigenvalue weighted by molar-refractivity contribution is -0.251. The Hall–Kier alpha value is -5.11. The van der Waals surface area contributed by atoms with Gasteiger partial charge in [-0.2, -0.15) is 4.31 Å². The molecule has 6 atom stereocenters. The highest BCUT2D eigenvalue weighted by Crippen LogP contribution is 2.62. The summed E-state index contributed by atoms with van der Waals surface area (Å²) in [6.07, 6.45) is 10.7. The zero-order chi connectivity index (χ0) is 45.8. The van der Waals surface area contributed by atoms with Gasteiger partial charge in [-0.3, -0.25) is 4.98 Å². The maximum Gasteiger partial charge on any atom is 0.245 e. The number of aliphatic hydroxyl groups excluding tert-OH is 2. The van der Waals surface area contributed by atoms with Gasteiger partial charge in [-0.1, -0.05) is 85.6 Å². The third-order valence-corrected chi connectivity index (χ3v) is 14.9. The first kappa shape index (κ1) is 46.4. The number of nitrogens with zero attached hydrogens (tertiary/aromatic N) is 3. The van der Waals surface area contributed by atoms with Crippen LogP contribution in [0.25, 0.3) is 21.7 Å². The molecule has 1 saturated carbocycles. The number of fused-ring (bicyclic) bond motifs is 4. The monoisotopic (exact) mass is 901 g/mol. The van der Waals surface area contributed by atoms with Crippen molar-refractivity contribution in [3.63, 3.8) is 0 Å². The molecule has 4 aromatic carbocycles. The van der Waals surface area contributed by atoms with Crippen LogP contribution in [0, 0.1) is 17.8 Å². The smallest absolute Gasteiger partial charge is 0.245 e. The van der Waals surface area contributed by atoms with Gasteiger partial charge in [-0.15, -0.1) is 6.58 Å². The van der Waals surface area contributed by atoms with E-state index in [1.54, 1.807) is 34.8 Å². The molecule has 1 fully saturated rings. The van der Waals surface area contributed by atoms with E-state index >= 15 is 8.42 Å². The Kier molecular flexibility index (Phi) is 14.1. The fraction of sp³-hybridized carbons (Fsp3) is 0.434. The summed E-state index contributed by atoms with van der Waals surface area (Å²) in [4.78, 5) is 11.0. The van der Waals surface area contributed by atoms with Crippen molar-refractivity contribution in [1.29, 1.82) is 0 Å². The third-order valence-electron chi connectivity index (χ3n) is 13.0. The molecule has 65 heavy (non-hydrogen) atoms. The maximum absolute atomic E-state index is 15.6. The molecule has 0 radical (unpaired) electrons. The number of hydrogen-bond donors (Lipinski definition) is 2. The van der Waals surface area contributed by atoms with Crippen LogP contribution in [0.4, 0.5) is 0 Å². The Morgan fingerprint density at radius 1 is 0.908 bits per heavy atom. The number of pyridine rings is 1. The number of ether oxygens (including phenoxy) is 3. The predicted octanol–water partition coefficient (Wildman–Crippen LogP) is 10.7. The van der Waals surface area contributed by atoms with Crippen LogP contribution in [-0.2, 0) is 19.6 Å². The molecule has 11 nitrogen and oxygen atoms in total. The summed E-state index contributed by atoms with van der Waals surface area (Å²) in [7, 11) is -4.29. The van der Waals surface area contributed by atoms with Gasteiger partial charge in [0.15, 0.2) is 0 Å². The van der Waals surface area contributed by atoms with E-state index in [2.05, 4.69) is 41.9 Å². The standard InChI is InChI=1S/C53H63N3O8S/c1-6-28-56(65(59,60)47-22-14-19-37-20-15-27-54-51(37)47)48-35-45(55-64-52(3,4)5)43-33-39(18-10-12-29-57)42(21-11-13-30-58)49-44-34-41(62-40-24-23-36-16-8-9-17-38(36)32-40)25-26-46(44)63-53(48,50(43)49)61-31-7-2/h7-9,14-17,19-20,22-27,32-34,39,42,48-50,57-58H,2,6,10-13,18,21,28-31,35H2,1,3-5H3. The summed E-state index contributed by atoms with van der Waals surface area (Å²) in [5.74, 6) is -0.454. The van der Waals surface area contributed by atoms with Gasteiger partial charge in [-0.05, 0) is 124 Å². The normalized spacial score (nSPS) is 23.5. The first-order valence-corrected chi connectivity index (χ1v) is 24.6. The van der Waals surface area contributed by atoms with E-state index in [-0.39, 0.29) is 55.4 Å². The summed E-state index contributed by atoms with van der Waals surface area (Å²) in [6.45, 7) is 12.3. The van der Waals surface area contributed by atoms with Crippen LogP contribution in [0.2, 0.25) is 0 Å². The number of hydrogen-bond acceptors (Lipinski definition) is 10. The molecule has 1 aromatic heterocycles. The molecule has 0 saturated heterocycles. The topological polar surface area (TPSA) is 140 Å². The van der Waals surface area contributed by atoms with Gasteiger partial charge in [-0.25, -0.2) is 8.42 Å². The minimum absolute atomic E-state index is 0.00121. The largest absolute Gasteiger partial charge is 0.460 e. The number of aliphatic hydroxyl groups is 2. The van der Waals surface area contributed by atoms with E-state index in [0.29, 0.717) is 53.1 Å². The average molecular weight is 902 g/mol. The molecule has 0 bridgehead atoms. The van der Waals surface area contributed by atoms with Gasteiger partial charge in [0.25, 0.3) is 0 Å². The highest BCUT2D eigenvalue weighted by molar-refractivity contribution is 7.89. The first-order chi connectivity index (χ1) is 31.4. The van der Waals surface area contributed by atoms with Crippen molar-refractivity contribution in [1.82, 2.24) is 9.29 Å². The Morgan fingerprint density at radius 2 is 1.63 bits per heavy atom. The van der Waals surface area contributed by atoms with Crippen molar-refractivity contribution in [2.45, 2.75) is 107 Å². The summed E-state index contributed by atoms with van der Waals surface area (Å²) in [5.41, 5.74) is 2.21. The molecule has 12 heteroatoms. The number of para-hydroxylation sites is 1. The van der Waals surface area contributed by atoms with Gasteiger partial charge in [0.05, 0.1) is 29.8 Å². The number of oxime groups is 1. The molecule has 5 aromatic rings. The number of unbranched alkanes of at least 4 members (excludes halogenated alkanes) is 2. The Labute approximate surface area is 383 Å². The molecular formula is C53H63N3O8S. The van der Waals surface area contributed by atoms with Gasteiger partial charge < -0.3 is 29.3 Å². The SMILES string of the molecule is C=CCOC12Oc3ccc(Oc4ccc5ccccc5c4)cc3C3C(CCCCO)C(CCCCO)C=C(C(=NOC(C)(C)C)CC1N(CCC)S(=O)(=O)c1cccc4cccnc14)C32. The number of allylic oxidation sites excluding steroid dienone is 1. The molecule has 2 heterocycles. The Bertz CT molecular complexity index is 2650. The van der Waals surface area contributed by atoms with E-state index in [9.17, 15) is 10.2 Å². The lowest BCUT2D eigenvalue weighted by Gasteiger charge is -2.59. The van der Waals surface area contributed by atoms with E-state index in [4.69, 9.17) is 24.2 Å². The second-order valence-corrected chi connectivity index (χ2v) is 20.4. The second-order valence-electron chi connectivity index (χ2n) is 18.5. The van der Waals surface area contributed by atoms with Crippen LogP contribution in [-0.4, -0.2) is 77.4 Å². The van der Waals surface area contributed by atoms with Crippen LogP contribution in [0.3, 0.4) is 0 Å². The Balaban J connectivity index is 1.37. The van der Waals surface area contributed by atoms with Gasteiger partial charge >= 0.3 is 0 Å². The molecule has 2 N–H and O–H groups in total. The fourth-order valence-electron chi connectivity index (χ4n) is 10.3. The molecule has 6 unspecified atom stereocenters. The van der Waals surface area contributed by atoms with E-state index < -0.39 is 33.4 Å². The first-order valence-electron chi connectivity index (χ1n) is 23.2. The molecule has 8 rings (SSSR count). The summed E-state index contributed by atoms with van der Waals surface area (Å²) >= 11 is 0. The summed E-state index contributed by atoms with van der Waals surface area (Å²) in [6, 6.07) is 28.1. The molecule has 1 aliphatic heterocycles. The molecule has 0 spiro atoms. The number of rotatable bonds is 19. The quantitative estimate of drug-likeness (QED) is 0.0471. The van der Waals surface area contributed by atoms with Crippen LogP contribution < -0.4 is 9.47 Å². The van der Waals surface area contributed by atoms with Crippen LogP contribution in [0.15, 0.2) is 132 Å². The molecule has 3 aliphatic rings. The van der Waals surface area contributed by atoms with Crippen molar-refractivity contribution in [3.05, 3.63) is 127 Å². The van der Waals surface area contributed by atoms with Crippen LogP contribution >= 0.6 is 0 Å². The van der Waals surface area contributed by atoms with Gasteiger partial charge in [0, 0.05) is 49.2 Å². The number of aromatic nitrogens is 1. The Morgan fingerprint density at radius 3 is 2.38 bits per heavy atom. The lowest BCUT2D eigenvalue weighted by Crippen LogP contribution is -2.70. The molecule has 344 valence electrons. The predicted molar refractivity (Wildman–Crippen MR) is 256 cm³/mol. The van der Waals surface area contributed by atoms with Crippen molar-refractivity contribution < 1.29 is 37.7 Å².